The molecule has 0 unspecified atom stereocenters. The van der Waals surface area contributed by atoms with E-state index in [2.05, 4.69) is 22.4 Å². The van der Waals surface area contributed by atoms with Gasteiger partial charge in [0.15, 0.2) is 0 Å². The van der Waals surface area contributed by atoms with Crippen LogP contribution in [0.3, 0.4) is 0 Å². The van der Waals surface area contributed by atoms with Crippen LogP contribution in [0.1, 0.15) is 18.2 Å². The Labute approximate surface area is 142 Å². The van der Waals surface area contributed by atoms with Gasteiger partial charge in [-0.15, -0.1) is 0 Å². The van der Waals surface area contributed by atoms with Gasteiger partial charge in [0.1, 0.15) is 5.75 Å². The fourth-order valence-corrected chi connectivity index (χ4v) is 2.64. The molecular weight excluding hydrogens is 302 g/mol. The van der Waals surface area contributed by atoms with Gasteiger partial charge < -0.3 is 10.1 Å². The van der Waals surface area contributed by atoms with Crippen LogP contribution in [-0.2, 0) is 20.1 Å². The Morgan fingerprint density at radius 2 is 2.00 bits per heavy atom. The van der Waals surface area contributed by atoms with Gasteiger partial charge >= 0.3 is 0 Å². The number of benzene rings is 1. The fraction of sp³-hybridized carbons (Fsp3) is 0.333. The average molecular weight is 325 g/mol. The molecule has 0 saturated heterocycles. The number of aromatic nitrogens is 4. The molecule has 0 amide bonds. The van der Waals surface area contributed by atoms with Gasteiger partial charge in [-0.1, -0.05) is 18.2 Å². The Morgan fingerprint density at radius 1 is 1.21 bits per heavy atom. The lowest BCUT2D eigenvalue weighted by Crippen LogP contribution is -2.30. The summed E-state index contributed by atoms with van der Waals surface area (Å²) >= 11 is 0. The first-order chi connectivity index (χ1) is 11.6. The Balaban J connectivity index is 1.68. The molecule has 0 aliphatic carbocycles. The zero-order chi connectivity index (χ0) is 16.9. The summed E-state index contributed by atoms with van der Waals surface area (Å²) < 4.78 is 9.76. The number of nitrogens with zero attached hydrogens (tertiary/aromatic N) is 4. The van der Waals surface area contributed by atoms with Crippen LogP contribution in [0.5, 0.6) is 11.6 Å². The first-order valence-electron chi connectivity index (χ1n) is 8.09. The topological polar surface area (TPSA) is 56.9 Å². The predicted octanol–water partition coefficient (Wildman–Crippen LogP) is 2.90. The standard InChI is InChI=1S/C18H23N5O/c1-14(13-23-11-7-10-20-23)19-12-17-15(2)21-22(3)18(17)24-16-8-5-4-6-9-16/h4-11,14,19H,12-13H2,1-3H3/t14-/m1/s1. The summed E-state index contributed by atoms with van der Waals surface area (Å²) in [6.45, 7) is 5.67. The van der Waals surface area contributed by atoms with Gasteiger partial charge in [-0.25, -0.2) is 4.68 Å². The molecule has 24 heavy (non-hydrogen) atoms. The second-order valence-corrected chi connectivity index (χ2v) is 5.92. The maximum atomic E-state index is 6.04. The number of hydrogen-bond donors (Lipinski definition) is 1. The van der Waals surface area contributed by atoms with E-state index in [1.807, 2.05) is 61.2 Å². The van der Waals surface area contributed by atoms with Crippen LogP contribution in [0.25, 0.3) is 0 Å². The van der Waals surface area contributed by atoms with Crippen LogP contribution in [0.2, 0.25) is 0 Å². The Hall–Kier alpha value is -2.60. The third kappa shape index (κ3) is 3.83. The first kappa shape index (κ1) is 16.3. The van der Waals surface area contributed by atoms with Crippen molar-refractivity contribution in [2.24, 2.45) is 7.05 Å². The number of hydrogen-bond acceptors (Lipinski definition) is 4. The minimum atomic E-state index is 0.286. The molecule has 6 heteroatoms. The second-order valence-electron chi connectivity index (χ2n) is 5.92. The van der Waals surface area contributed by atoms with Gasteiger partial charge in [-0.05, 0) is 32.0 Å². The molecule has 1 N–H and O–H groups in total. The van der Waals surface area contributed by atoms with Crippen LogP contribution in [0, 0.1) is 6.92 Å². The van der Waals surface area contributed by atoms with Crippen molar-refractivity contribution >= 4 is 0 Å². The van der Waals surface area contributed by atoms with Crippen molar-refractivity contribution in [1.29, 1.82) is 0 Å². The summed E-state index contributed by atoms with van der Waals surface area (Å²) in [5.41, 5.74) is 2.05. The number of nitrogens with one attached hydrogen (secondary N) is 1. The molecule has 1 aromatic carbocycles. The normalized spacial score (nSPS) is 12.3. The molecule has 0 radical (unpaired) electrons. The Kier molecular flexibility index (Phi) is 4.96. The van der Waals surface area contributed by atoms with Crippen LogP contribution in [0.4, 0.5) is 0 Å². The smallest absolute Gasteiger partial charge is 0.222 e. The quantitative estimate of drug-likeness (QED) is 0.726. The molecule has 0 fully saturated rings. The van der Waals surface area contributed by atoms with Gasteiger partial charge in [0.05, 0.1) is 17.8 Å². The maximum Gasteiger partial charge on any atom is 0.222 e. The van der Waals surface area contributed by atoms with E-state index in [0.29, 0.717) is 6.54 Å². The van der Waals surface area contributed by atoms with E-state index in [0.717, 1.165) is 29.4 Å². The third-order valence-electron chi connectivity index (χ3n) is 3.89. The van der Waals surface area contributed by atoms with Gasteiger partial charge in [0.2, 0.25) is 5.88 Å². The molecule has 126 valence electrons. The largest absolute Gasteiger partial charge is 0.439 e. The lowest BCUT2D eigenvalue weighted by atomic mass is 10.2. The van der Waals surface area contributed by atoms with Crippen molar-refractivity contribution < 1.29 is 4.74 Å². The fourth-order valence-electron chi connectivity index (χ4n) is 2.64. The molecular formula is C18H23N5O. The summed E-state index contributed by atoms with van der Waals surface area (Å²) in [5, 5.41) is 12.3. The average Bonchev–Trinajstić information content (AvgIpc) is 3.16. The minimum absolute atomic E-state index is 0.286. The van der Waals surface area contributed by atoms with E-state index in [1.165, 1.54) is 0 Å². The van der Waals surface area contributed by atoms with E-state index in [9.17, 15) is 0 Å². The second kappa shape index (κ2) is 7.31. The zero-order valence-corrected chi connectivity index (χ0v) is 14.3. The molecule has 3 rings (SSSR count). The molecule has 0 aliphatic heterocycles. The molecule has 6 nitrogen and oxygen atoms in total. The highest BCUT2D eigenvalue weighted by Crippen LogP contribution is 2.27. The van der Waals surface area contributed by atoms with E-state index < -0.39 is 0 Å². The molecule has 0 spiro atoms. The van der Waals surface area contributed by atoms with Crippen molar-refractivity contribution in [3.05, 3.63) is 60.0 Å². The van der Waals surface area contributed by atoms with Crippen molar-refractivity contribution in [1.82, 2.24) is 24.9 Å². The molecule has 0 bridgehead atoms. The lowest BCUT2D eigenvalue weighted by molar-refractivity contribution is 0.414. The monoisotopic (exact) mass is 325 g/mol. The van der Waals surface area contributed by atoms with Gasteiger partial charge in [-0.2, -0.15) is 10.2 Å². The number of ether oxygens (including phenoxy) is 1. The van der Waals surface area contributed by atoms with E-state index in [1.54, 1.807) is 10.9 Å². The summed E-state index contributed by atoms with van der Waals surface area (Å²) in [6.07, 6.45) is 3.77. The summed E-state index contributed by atoms with van der Waals surface area (Å²) in [5.74, 6) is 1.59. The number of rotatable bonds is 7. The van der Waals surface area contributed by atoms with Crippen molar-refractivity contribution in [3.63, 3.8) is 0 Å². The number of para-hydroxylation sites is 1. The molecule has 3 aromatic rings. The van der Waals surface area contributed by atoms with Gasteiger partial charge in [-0.3, -0.25) is 4.68 Å². The highest BCUT2D eigenvalue weighted by atomic mass is 16.5. The zero-order valence-electron chi connectivity index (χ0n) is 14.3. The highest BCUT2D eigenvalue weighted by molar-refractivity contribution is 5.35. The van der Waals surface area contributed by atoms with Crippen molar-refractivity contribution in [2.45, 2.75) is 33.0 Å². The first-order valence-corrected chi connectivity index (χ1v) is 8.09. The van der Waals surface area contributed by atoms with Gasteiger partial charge in [0, 0.05) is 32.0 Å². The molecule has 0 aliphatic rings. The predicted molar refractivity (Wildman–Crippen MR) is 93.0 cm³/mol. The van der Waals surface area contributed by atoms with E-state index in [4.69, 9.17) is 4.74 Å². The summed E-state index contributed by atoms with van der Waals surface area (Å²) in [6, 6.07) is 12.0. The Bertz CT molecular complexity index is 764. The molecule has 2 heterocycles. The summed E-state index contributed by atoms with van der Waals surface area (Å²) in [4.78, 5) is 0. The van der Waals surface area contributed by atoms with Crippen molar-refractivity contribution in [2.75, 3.05) is 0 Å². The van der Waals surface area contributed by atoms with Gasteiger partial charge in [0.25, 0.3) is 0 Å². The Morgan fingerprint density at radius 3 is 2.71 bits per heavy atom. The van der Waals surface area contributed by atoms with E-state index >= 15 is 0 Å². The van der Waals surface area contributed by atoms with E-state index in [-0.39, 0.29) is 6.04 Å². The SMILES string of the molecule is Cc1nn(C)c(Oc2ccccc2)c1CN[C@H](C)Cn1cccn1. The molecule has 2 aromatic heterocycles. The molecule has 1 atom stereocenters. The van der Waals surface area contributed by atoms with Crippen LogP contribution >= 0.6 is 0 Å². The van der Waals surface area contributed by atoms with Crippen LogP contribution in [-0.4, -0.2) is 25.6 Å². The van der Waals surface area contributed by atoms with Crippen LogP contribution in [0.15, 0.2) is 48.8 Å². The molecule has 0 saturated carbocycles. The lowest BCUT2D eigenvalue weighted by Gasteiger charge is -2.15. The maximum absolute atomic E-state index is 6.04. The van der Waals surface area contributed by atoms with Crippen LogP contribution < -0.4 is 10.1 Å². The van der Waals surface area contributed by atoms with Crippen molar-refractivity contribution in [3.8, 4) is 11.6 Å². The summed E-state index contributed by atoms with van der Waals surface area (Å²) in [7, 11) is 1.90. The third-order valence-corrected chi connectivity index (χ3v) is 3.89. The number of aryl methyl sites for hydroxylation is 2. The highest BCUT2D eigenvalue weighted by Gasteiger charge is 2.16. The minimum Gasteiger partial charge on any atom is -0.439 e.